The summed E-state index contributed by atoms with van der Waals surface area (Å²) < 4.78 is 32.1. The molecule has 20 heavy (non-hydrogen) atoms. The van der Waals surface area contributed by atoms with Gasteiger partial charge in [0.25, 0.3) is 0 Å². The van der Waals surface area contributed by atoms with E-state index in [1.807, 2.05) is 0 Å². The molecule has 4 nitrogen and oxygen atoms in total. The predicted octanol–water partition coefficient (Wildman–Crippen LogP) is 2.35. The van der Waals surface area contributed by atoms with Crippen molar-refractivity contribution >= 4 is 28.9 Å². The molecule has 3 N–H and O–H groups in total. The minimum atomic E-state index is -0.774. The summed E-state index contributed by atoms with van der Waals surface area (Å²) in [6.45, 7) is 2.28. The number of thiocarbonyl (C=S) groups is 1. The number of esters is 1. The summed E-state index contributed by atoms with van der Waals surface area (Å²) in [5.74, 6) is -1.88. The first-order valence-electron chi connectivity index (χ1n) is 6.14. The second-order valence-electron chi connectivity index (χ2n) is 4.01. The summed E-state index contributed by atoms with van der Waals surface area (Å²) in [5, 5.41) is 2.60. The van der Waals surface area contributed by atoms with Crippen LogP contribution in [0.2, 0.25) is 0 Å². The highest BCUT2D eigenvalue weighted by Crippen LogP contribution is 2.20. The third-order valence-corrected chi connectivity index (χ3v) is 2.73. The lowest BCUT2D eigenvalue weighted by atomic mass is 10.2. The van der Waals surface area contributed by atoms with Crippen molar-refractivity contribution in [2.45, 2.75) is 19.8 Å². The van der Waals surface area contributed by atoms with Crippen LogP contribution in [0.1, 0.15) is 25.3 Å². The molecule has 0 atom stereocenters. The van der Waals surface area contributed by atoms with Crippen LogP contribution in [-0.2, 0) is 9.53 Å². The Hall–Kier alpha value is -1.76. The highest BCUT2D eigenvalue weighted by Gasteiger charge is 2.12. The Balaban J connectivity index is 2.56. The molecule has 0 radical (unpaired) electrons. The molecule has 0 spiro atoms. The van der Waals surface area contributed by atoms with E-state index in [0.717, 1.165) is 12.1 Å². The topological polar surface area (TPSA) is 64.3 Å². The summed E-state index contributed by atoms with van der Waals surface area (Å²) in [7, 11) is 0. The molecule has 0 unspecified atom stereocenters. The van der Waals surface area contributed by atoms with Gasteiger partial charge in [0.15, 0.2) is 0 Å². The second kappa shape index (κ2) is 7.74. The Morgan fingerprint density at radius 3 is 2.50 bits per heavy atom. The molecule has 0 aromatic heterocycles. The van der Waals surface area contributed by atoms with E-state index >= 15 is 0 Å². The normalized spacial score (nSPS) is 10.2. The zero-order valence-corrected chi connectivity index (χ0v) is 11.9. The van der Waals surface area contributed by atoms with Crippen LogP contribution in [0, 0.1) is 11.6 Å². The number of ether oxygens (including phenoxy) is 1. The van der Waals surface area contributed by atoms with Crippen LogP contribution in [0.25, 0.3) is 0 Å². The minimum absolute atomic E-state index is 0.0725. The number of nitrogens with one attached hydrogen (secondary N) is 1. The zero-order valence-electron chi connectivity index (χ0n) is 11.0. The Morgan fingerprint density at radius 2 is 2.00 bits per heavy atom. The summed E-state index contributed by atoms with van der Waals surface area (Å²) in [6.07, 6.45) is 0.601. The largest absolute Gasteiger partial charge is 0.466 e. The fourth-order valence-corrected chi connectivity index (χ4v) is 1.68. The van der Waals surface area contributed by atoms with Crippen molar-refractivity contribution in [3.05, 3.63) is 29.3 Å². The van der Waals surface area contributed by atoms with Crippen molar-refractivity contribution in [3.63, 3.8) is 0 Å². The first-order valence-corrected chi connectivity index (χ1v) is 6.54. The number of rotatable bonds is 7. The lowest BCUT2D eigenvalue weighted by Gasteiger charge is -2.10. The number of anilines is 1. The molecule has 1 aromatic carbocycles. The minimum Gasteiger partial charge on any atom is -0.466 e. The molecule has 1 aromatic rings. The number of benzene rings is 1. The van der Waals surface area contributed by atoms with Crippen molar-refractivity contribution < 1.29 is 18.3 Å². The average molecular weight is 302 g/mol. The zero-order chi connectivity index (χ0) is 15.1. The van der Waals surface area contributed by atoms with E-state index < -0.39 is 11.6 Å². The van der Waals surface area contributed by atoms with Gasteiger partial charge < -0.3 is 15.8 Å². The molecule has 1 rings (SSSR count). The molecule has 0 aliphatic carbocycles. The standard InChI is InChI=1S/C13H16F2N2O2S/c1-2-19-11(18)4-3-5-17-12-9(14)6-8(13(16)20)7-10(12)15/h6-7,17H,2-5H2,1H3,(H2,16,20). The molecular weight excluding hydrogens is 286 g/mol. The van der Waals surface area contributed by atoms with Gasteiger partial charge in [0.2, 0.25) is 0 Å². The van der Waals surface area contributed by atoms with Crippen LogP contribution in [0.3, 0.4) is 0 Å². The van der Waals surface area contributed by atoms with E-state index in [2.05, 4.69) is 17.5 Å². The summed E-state index contributed by atoms with van der Waals surface area (Å²) in [6, 6.07) is 2.14. The van der Waals surface area contributed by atoms with Gasteiger partial charge in [-0.1, -0.05) is 12.2 Å². The van der Waals surface area contributed by atoms with E-state index in [1.165, 1.54) is 0 Å². The van der Waals surface area contributed by atoms with E-state index in [-0.39, 0.29) is 35.2 Å². The molecule has 0 fully saturated rings. The molecule has 0 saturated carbocycles. The Bertz CT molecular complexity index is 486. The lowest BCUT2D eigenvalue weighted by molar-refractivity contribution is -0.143. The fraction of sp³-hybridized carbons (Fsp3) is 0.385. The highest BCUT2D eigenvalue weighted by atomic mass is 32.1. The Morgan fingerprint density at radius 1 is 1.40 bits per heavy atom. The van der Waals surface area contributed by atoms with Crippen LogP contribution in [-0.4, -0.2) is 24.1 Å². The first-order chi connectivity index (χ1) is 9.45. The van der Waals surface area contributed by atoms with Crippen molar-refractivity contribution in [2.24, 2.45) is 5.73 Å². The predicted molar refractivity (Wildman–Crippen MR) is 76.6 cm³/mol. The van der Waals surface area contributed by atoms with Gasteiger partial charge in [-0.15, -0.1) is 0 Å². The quantitative estimate of drug-likeness (QED) is 0.460. The van der Waals surface area contributed by atoms with Crippen LogP contribution >= 0.6 is 12.2 Å². The van der Waals surface area contributed by atoms with Crippen LogP contribution in [0.4, 0.5) is 14.5 Å². The molecule has 0 saturated heterocycles. The van der Waals surface area contributed by atoms with Crippen molar-refractivity contribution in [2.75, 3.05) is 18.5 Å². The smallest absolute Gasteiger partial charge is 0.305 e. The first kappa shape index (κ1) is 16.3. The summed E-state index contributed by atoms with van der Waals surface area (Å²) >= 11 is 4.66. The van der Waals surface area contributed by atoms with Crippen LogP contribution < -0.4 is 11.1 Å². The lowest BCUT2D eigenvalue weighted by Crippen LogP contribution is -2.13. The average Bonchev–Trinajstić information content (AvgIpc) is 2.36. The maximum absolute atomic E-state index is 13.7. The highest BCUT2D eigenvalue weighted by molar-refractivity contribution is 7.80. The molecule has 0 amide bonds. The van der Waals surface area contributed by atoms with E-state index in [0.29, 0.717) is 13.0 Å². The van der Waals surface area contributed by atoms with Gasteiger partial charge in [-0.3, -0.25) is 4.79 Å². The summed E-state index contributed by atoms with van der Waals surface area (Å²) in [4.78, 5) is 11.0. The molecule has 0 aliphatic heterocycles. The van der Waals surface area contributed by atoms with Gasteiger partial charge in [0.05, 0.1) is 6.61 Å². The van der Waals surface area contributed by atoms with Crippen molar-refractivity contribution in [1.82, 2.24) is 0 Å². The summed E-state index contributed by atoms with van der Waals surface area (Å²) in [5.41, 5.74) is 5.19. The second-order valence-corrected chi connectivity index (χ2v) is 4.45. The van der Waals surface area contributed by atoms with Gasteiger partial charge >= 0.3 is 5.97 Å². The van der Waals surface area contributed by atoms with E-state index in [1.54, 1.807) is 6.92 Å². The molecule has 7 heteroatoms. The third kappa shape index (κ3) is 4.73. The third-order valence-electron chi connectivity index (χ3n) is 2.49. The maximum Gasteiger partial charge on any atom is 0.305 e. The van der Waals surface area contributed by atoms with Crippen molar-refractivity contribution in [3.8, 4) is 0 Å². The number of hydrogen-bond donors (Lipinski definition) is 2. The number of carbonyl (C=O) groups excluding carboxylic acids is 1. The molecule has 0 heterocycles. The van der Waals surface area contributed by atoms with Gasteiger partial charge in [-0.25, -0.2) is 8.78 Å². The monoisotopic (exact) mass is 302 g/mol. The molecule has 110 valence electrons. The SMILES string of the molecule is CCOC(=O)CCCNc1c(F)cc(C(N)=S)cc1F. The van der Waals surface area contributed by atoms with E-state index in [4.69, 9.17) is 10.5 Å². The van der Waals surface area contributed by atoms with Crippen LogP contribution in [0.5, 0.6) is 0 Å². The maximum atomic E-state index is 13.7. The van der Waals surface area contributed by atoms with Gasteiger partial charge in [0.1, 0.15) is 22.3 Å². The number of nitrogens with two attached hydrogens (primary N) is 1. The van der Waals surface area contributed by atoms with Crippen molar-refractivity contribution in [1.29, 1.82) is 0 Å². The number of carbonyl (C=O) groups is 1. The van der Waals surface area contributed by atoms with E-state index in [9.17, 15) is 13.6 Å². The molecular formula is C13H16F2N2O2S. The fourth-order valence-electron chi connectivity index (χ4n) is 1.56. The van der Waals surface area contributed by atoms with Gasteiger partial charge in [0, 0.05) is 18.5 Å². The Kier molecular flexibility index (Phi) is 6.30. The Labute approximate surface area is 121 Å². The van der Waals surface area contributed by atoms with Crippen LogP contribution in [0.15, 0.2) is 12.1 Å². The number of halogens is 2. The van der Waals surface area contributed by atoms with Gasteiger partial charge in [-0.2, -0.15) is 0 Å². The molecule has 0 aliphatic rings. The number of hydrogen-bond acceptors (Lipinski definition) is 4. The molecule has 0 bridgehead atoms. The van der Waals surface area contributed by atoms with Gasteiger partial charge in [-0.05, 0) is 25.5 Å².